The normalized spacial score (nSPS) is 20.9. The average molecular weight is 533 g/mol. The van der Waals surface area contributed by atoms with Gasteiger partial charge < -0.3 is 25.0 Å². The summed E-state index contributed by atoms with van der Waals surface area (Å²) >= 11 is 1.87. The number of pyridine rings is 1. The molecule has 1 aliphatic carbocycles. The second-order valence-corrected chi connectivity index (χ2v) is 10.7. The van der Waals surface area contributed by atoms with Gasteiger partial charge in [-0.3, -0.25) is 4.79 Å². The van der Waals surface area contributed by atoms with Crippen molar-refractivity contribution >= 4 is 23.6 Å². The van der Waals surface area contributed by atoms with E-state index in [9.17, 15) is 14.3 Å². The molecule has 1 aromatic carbocycles. The van der Waals surface area contributed by atoms with Gasteiger partial charge in [-0.2, -0.15) is 11.8 Å². The number of carbonyl (C=O) groups is 1. The minimum absolute atomic E-state index is 0.0147. The summed E-state index contributed by atoms with van der Waals surface area (Å²) in [6.07, 6.45) is 5.70. The number of nitrogens with zero attached hydrogens (tertiary/aromatic N) is 1. The zero-order valence-electron chi connectivity index (χ0n) is 21.0. The number of aryl methyl sites for hydroxylation is 1. The number of ether oxygens (including phenoxy) is 2. The Kier molecular flexibility index (Phi) is 9.62. The maximum atomic E-state index is 13.9. The molecule has 1 saturated heterocycles. The van der Waals surface area contributed by atoms with Crippen LogP contribution in [0.3, 0.4) is 0 Å². The molecule has 1 aliphatic heterocycles. The molecule has 0 bridgehead atoms. The minimum atomic E-state index is -0.575. The molecule has 0 atom stereocenters. The fourth-order valence-electron chi connectivity index (χ4n) is 4.66. The Morgan fingerprint density at radius 3 is 2.65 bits per heavy atom. The fourth-order valence-corrected chi connectivity index (χ4v) is 5.72. The second-order valence-electron chi connectivity index (χ2n) is 9.52. The Morgan fingerprint density at radius 1 is 1.16 bits per heavy atom. The summed E-state index contributed by atoms with van der Waals surface area (Å²) in [6, 6.07) is 6.64. The van der Waals surface area contributed by atoms with E-state index in [4.69, 9.17) is 14.6 Å². The molecule has 4 rings (SSSR count). The zero-order chi connectivity index (χ0) is 26.2. The van der Waals surface area contributed by atoms with Gasteiger partial charge in [0.1, 0.15) is 35.4 Å². The number of rotatable bonds is 9. The highest BCUT2D eigenvalue weighted by Gasteiger charge is 2.29. The van der Waals surface area contributed by atoms with E-state index in [0.717, 1.165) is 48.9 Å². The lowest BCUT2D eigenvalue weighted by atomic mass is 9.91. The average Bonchev–Trinajstić information content (AvgIpc) is 2.90. The first-order chi connectivity index (χ1) is 17.9. The van der Waals surface area contributed by atoms with E-state index in [1.165, 1.54) is 6.07 Å². The SMILES string of the molecule is Cc1ccc(OCCO)c(C(O)=[NH+]C2CCC(NC(=O)c3cc(F)cnc3OC3CCSCC3)CC2)c1. The summed E-state index contributed by atoms with van der Waals surface area (Å²) in [7, 11) is 0. The molecule has 0 radical (unpaired) electrons. The molecule has 0 spiro atoms. The van der Waals surface area contributed by atoms with Gasteiger partial charge in [-0.05, 0) is 67.9 Å². The number of benzene rings is 1. The van der Waals surface area contributed by atoms with E-state index < -0.39 is 5.82 Å². The van der Waals surface area contributed by atoms with Crippen LogP contribution < -0.4 is 19.8 Å². The first kappa shape index (κ1) is 27.2. The fraction of sp³-hybridized carbons (Fsp3) is 0.519. The van der Waals surface area contributed by atoms with Crippen molar-refractivity contribution in [1.82, 2.24) is 10.3 Å². The molecule has 2 aromatic rings. The smallest absolute Gasteiger partial charge is 0.369 e. The van der Waals surface area contributed by atoms with E-state index in [1.54, 1.807) is 6.07 Å². The summed E-state index contributed by atoms with van der Waals surface area (Å²) in [5.74, 6) is 1.75. The van der Waals surface area contributed by atoms with E-state index >= 15 is 0 Å². The van der Waals surface area contributed by atoms with Crippen molar-refractivity contribution in [2.24, 2.45) is 0 Å². The summed E-state index contributed by atoms with van der Waals surface area (Å²) in [5.41, 5.74) is 1.65. The van der Waals surface area contributed by atoms with Crippen molar-refractivity contribution in [3.05, 3.63) is 53.0 Å². The van der Waals surface area contributed by atoms with E-state index in [-0.39, 0.29) is 54.6 Å². The number of aromatic nitrogens is 1. The van der Waals surface area contributed by atoms with Crippen LogP contribution in [0.1, 0.15) is 60.0 Å². The van der Waals surface area contributed by atoms with Crippen molar-refractivity contribution in [3.8, 4) is 11.6 Å². The topological polar surface area (TPSA) is 115 Å². The lowest BCUT2D eigenvalue weighted by Crippen LogP contribution is -2.80. The number of aliphatic hydroxyl groups is 2. The van der Waals surface area contributed by atoms with Gasteiger partial charge >= 0.3 is 5.90 Å². The van der Waals surface area contributed by atoms with E-state index in [0.29, 0.717) is 24.2 Å². The van der Waals surface area contributed by atoms with E-state index in [1.807, 2.05) is 30.8 Å². The Hall–Kier alpha value is -2.85. The van der Waals surface area contributed by atoms with Crippen LogP contribution in [0.15, 0.2) is 30.5 Å². The zero-order valence-corrected chi connectivity index (χ0v) is 21.9. The third-order valence-corrected chi connectivity index (χ3v) is 7.70. The molecule has 1 saturated carbocycles. The summed E-state index contributed by atoms with van der Waals surface area (Å²) in [5, 5.41) is 22.8. The van der Waals surface area contributed by atoms with Gasteiger partial charge in [0.2, 0.25) is 5.88 Å². The Balaban J connectivity index is 1.36. The van der Waals surface area contributed by atoms with Crippen LogP contribution in [0.2, 0.25) is 0 Å². The van der Waals surface area contributed by atoms with Crippen molar-refractivity contribution in [2.75, 3.05) is 24.7 Å². The molecule has 10 heteroatoms. The Labute approximate surface area is 220 Å². The molecule has 1 amide bonds. The molecule has 8 nitrogen and oxygen atoms in total. The molecule has 2 heterocycles. The highest BCUT2D eigenvalue weighted by Crippen LogP contribution is 2.25. The largest absolute Gasteiger partial charge is 0.490 e. The predicted octanol–water partition coefficient (Wildman–Crippen LogP) is 2.30. The van der Waals surface area contributed by atoms with Crippen molar-refractivity contribution in [3.63, 3.8) is 0 Å². The lowest BCUT2D eigenvalue weighted by Gasteiger charge is -2.26. The van der Waals surface area contributed by atoms with Crippen LogP contribution >= 0.6 is 11.8 Å². The summed E-state index contributed by atoms with van der Waals surface area (Å²) in [4.78, 5) is 20.3. The quantitative estimate of drug-likeness (QED) is 0.289. The van der Waals surface area contributed by atoms with Crippen LogP contribution in [0.5, 0.6) is 11.6 Å². The number of thioether (sulfide) groups is 1. The number of hydrogen-bond donors (Lipinski definition) is 4. The molecule has 1 aromatic heterocycles. The number of halogens is 1. The maximum Gasteiger partial charge on any atom is 0.369 e. The summed E-state index contributed by atoms with van der Waals surface area (Å²) < 4.78 is 25.5. The third kappa shape index (κ3) is 7.58. The molecule has 200 valence electrons. The third-order valence-electron chi connectivity index (χ3n) is 6.65. The predicted molar refractivity (Wildman–Crippen MR) is 140 cm³/mol. The van der Waals surface area contributed by atoms with Gasteiger partial charge in [-0.25, -0.2) is 14.4 Å². The number of amides is 1. The lowest BCUT2D eigenvalue weighted by molar-refractivity contribution is -0.515. The summed E-state index contributed by atoms with van der Waals surface area (Å²) in [6.45, 7) is 1.96. The van der Waals surface area contributed by atoms with Crippen molar-refractivity contribution in [2.45, 2.75) is 63.6 Å². The highest BCUT2D eigenvalue weighted by molar-refractivity contribution is 7.99. The molecule has 37 heavy (non-hydrogen) atoms. The van der Waals surface area contributed by atoms with Gasteiger partial charge in [-0.1, -0.05) is 6.07 Å². The number of carbonyl (C=O) groups excluding carboxylic acids is 1. The van der Waals surface area contributed by atoms with Gasteiger partial charge in [0.25, 0.3) is 5.91 Å². The highest BCUT2D eigenvalue weighted by atomic mass is 32.2. The van der Waals surface area contributed by atoms with Gasteiger partial charge in [-0.15, -0.1) is 0 Å². The van der Waals surface area contributed by atoms with Crippen LogP contribution in [0.25, 0.3) is 0 Å². The van der Waals surface area contributed by atoms with E-state index in [2.05, 4.69) is 15.3 Å². The van der Waals surface area contributed by atoms with Gasteiger partial charge in [0.05, 0.1) is 12.8 Å². The molecular formula is C27H35FN3O5S+. The first-order valence-electron chi connectivity index (χ1n) is 12.8. The molecule has 0 unspecified atom stereocenters. The molecule has 4 N–H and O–H groups in total. The molecule has 2 fully saturated rings. The van der Waals surface area contributed by atoms with Crippen LogP contribution in [0.4, 0.5) is 4.39 Å². The number of hydrogen-bond acceptors (Lipinski definition) is 6. The molecular weight excluding hydrogens is 497 g/mol. The standard InChI is InChI=1S/C27H34FN3O5S/c1-17-2-7-24(35-11-10-32)22(14-17)25(33)30-19-3-5-20(6-4-19)31-26(34)23-15-18(28)16-29-27(23)36-21-8-12-37-13-9-21/h2,7,14-16,19-21,32H,3-6,8-13H2,1H3,(H,30,33)(H,31,34)/p+1. The van der Waals surface area contributed by atoms with Crippen LogP contribution in [-0.4, -0.2) is 69.9 Å². The Bertz CT molecular complexity index is 1100. The number of aliphatic hydroxyl groups excluding tert-OH is 2. The van der Waals surface area contributed by atoms with Gasteiger partial charge in [0, 0.05) is 18.9 Å². The Morgan fingerprint density at radius 2 is 1.92 bits per heavy atom. The second kappa shape index (κ2) is 13.1. The van der Waals surface area contributed by atoms with Crippen molar-refractivity contribution in [1.29, 1.82) is 0 Å². The molecule has 2 aliphatic rings. The van der Waals surface area contributed by atoms with Gasteiger partial charge in [0.15, 0.2) is 6.04 Å². The van der Waals surface area contributed by atoms with Crippen LogP contribution in [-0.2, 0) is 0 Å². The van der Waals surface area contributed by atoms with Crippen molar-refractivity contribution < 1.29 is 33.9 Å². The maximum absolute atomic E-state index is 13.9. The monoisotopic (exact) mass is 532 g/mol. The van der Waals surface area contributed by atoms with Crippen LogP contribution in [0, 0.1) is 12.7 Å². The minimum Gasteiger partial charge on any atom is -0.490 e. The first-order valence-corrected chi connectivity index (χ1v) is 14.0. The number of nitrogens with one attached hydrogen (secondary N) is 2.